The molecule has 2 aliphatic heterocycles. The van der Waals surface area contributed by atoms with Crippen molar-refractivity contribution < 1.29 is 0 Å². The summed E-state index contributed by atoms with van der Waals surface area (Å²) < 4.78 is 0. The Morgan fingerprint density at radius 3 is 2.44 bits per heavy atom. The Morgan fingerprint density at radius 2 is 1.69 bits per heavy atom. The average Bonchev–Trinajstić information content (AvgIpc) is 2.71. The van der Waals surface area contributed by atoms with Crippen molar-refractivity contribution >= 4 is 0 Å². The fourth-order valence-electron chi connectivity index (χ4n) is 3.97. The highest BCUT2D eigenvalue weighted by Gasteiger charge is 2.39. The van der Waals surface area contributed by atoms with E-state index in [1.165, 1.54) is 64.2 Å². The minimum Gasteiger partial charge on any atom is -0.294 e. The van der Waals surface area contributed by atoms with E-state index in [0.29, 0.717) is 0 Å². The Labute approximate surface area is 102 Å². The number of piperidine rings is 1. The van der Waals surface area contributed by atoms with E-state index >= 15 is 0 Å². The molecule has 0 radical (unpaired) electrons. The van der Waals surface area contributed by atoms with Crippen molar-refractivity contribution in [1.82, 2.24) is 4.90 Å². The molecule has 0 aromatic rings. The molecule has 0 aromatic carbocycles. The van der Waals surface area contributed by atoms with E-state index in [1.807, 2.05) is 0 Å². The minimum absolute atomic E-state index is 0.938. The smallest absolute Gasteiger partial charge is 0.0102 e. The second-order valence-electron chi connectivity index (χ2n) is 5.85. The van der Waals surface area contributed by atoms with Gasteiger partial charge in [-0.2, -0.15) is 0 Å². The molecule has 1 nitrogen and oxygen atoms in total. The van der Waals surface area contributed by atoms with Gasteiger partial charge in [-0.15, -0.1) is 0 Å². The SMILES string of the molecule is CCCC[C@@H]1CC[C@@H]2CCC[C@H](CCC)N12. The van der Waals surface area contributed by atoms with Gasteiger partial charge in [-0.05, 0) is 38.5 Å². The van der Waals surface area contributed by atoms with Crippen molar-refractivity contribution in [3.05, 3.63) is 0 Å². The molecule has 2 aliphatic rings. The molecule has 94 valence electrons. The molecule has 16 heavy (non-hydrogen) atoms. The molecule has 2 rings (SSSR count). The Bertz CT molecular complexity index is 200. The summed E-state index contributed by atoms with van der Waals surface area (Å²) in [6.45, 7) is 4.67. The van der Waals surface area contributed by atoms with Crippen LogP contribution in [-0.2, 0) is 0 Å². The van der Waals surface area contributed by atoms with Crippen LogP contribution >= 0.6 is 0 Å². The lowest BCUT2D eigenvalue weighted by Gasteiger charge is -2.41. The molecule has 0 unspecified atom stereocenters. The van der Waals surface area contributed by atoms with Gasteiger partial charge in [-0.3, -0.25) is 4.90 Å². The molecule has 0 bridgehead atoms. The van der Waals surface area contributed by atoms with Crippen LogP contribution in [0, 0.1) is 0 Å². The summed E-state index contributed by atoms with van der Waals surface area (Å²) in [7, 11) is 0. The second-order valence-corrected chi connectivity index (χ2v) is 5.85. The van der Waals surface area contributed by atoms with Crippen LogP contribution in [0.1, 0.15) is 78.1 Å². The molecule has 0 N–H and O–H groups in total. The van der Waals surface area contributed by atoms with Crippen molar-refractivity contribution in [3.8, 4) is 0 Å². The zero-order valence-corrected chi connectivity index (χ0v) is 11.3. The van der Waals surface area contributed by atoms with Crippen molar-refractivity contribution in [3.63, 3.8) is 0 Å². The van der Waals surface area contributed by atoms with Crippen LogP contribution in [0.3, 0.4) is 0 Å². The first-order chi connectivity index (χ1) is 7.86. The average molecular weight is 223 g/mol. The van der Waals surface area contributed by atoms with Crippen molar-refractivity contribution in [2.45, 2.75) is 96.2 Å². The van der Waals surface area contributed by atoms with Crippen LogP contribution < -0.4 is 0 Å². The lowest BCUT2D eigenvalue weighted by Crippen LogP contribution is -2.46. The molecule has 0 amide bonds. The number of rotatable bonds is 5. The maximum atomic E-state index is 2.95. The predicted molar refractivity (Wildman–Crippen MR) is 70.7 cm³/mol. The maximum Gasteiger partial charge on any atom is 0.0102 e. The summed E-state index contributed by atoms with van der Waals surface area (Å²) in [5.41, 5.74) is 0. The summed E-state index contributed by atoms with van der Waals surface area (Å²) in [5, 5.41) is 0. The molecule has 0 spiro atoms. The Balaban J connectivity index is 1.94. The highest BCUT2D eigenvalue weighted by atomic mass is 15.2. The van der Waals surface area contributed by atoms with Gasteiger partial charge in [-0.1, -0.05) is 39.5 Å². The summed E-state index contributed by atoms with van der Waals surface area (Å²) in [4.78, 5) is 2.95. The normalized spacial score (nSPS) is 35.2. The van der Waals surface area contributed by atoms with Crippen LogP contribution in [0.15, 0.2) is 0 Å². The van der Waals surface area contributed by atoms with Gasteiger partial charge in [0.2, 0.25) is 0 Å². The van der Waals surface area contributed by atoms with Gasteiger partial charge >= 0.3 is 0 Å². The van der Waals surface area contributed by atoms with Crippen LogP contribution in [0.2, 0.25) is 0 Å². The number of hydrogen-bond donors (Lipinski definition) is 0. The standard InChI is InChI=1S/C15H29N/c1-3-5-8-14-11-12-15-10-6-9-13(7-4-2)16(14)15/h13-15H,3-12H2,1-2H3/t13-,14+,15-/m0/s1. The molecule has 1 heteroatoms. The minimum atomic E-state index is 0.938. The van der Waals surface area contributed by atoms with Gasteiger partial charge in [0.05, 0.1) is 0 Å². The van der Waals surface area contributed by atoms with E-state index in [-0.39, 0.29) is 0 Å². The summed E-state index contributed by atoms with van der Waals surface area (Å²) in [5.74, 6) is 0. The first kappa shape index (κ1) is 12.4. The van der Waals surface area contributed by atoms with Crippen LogP contribution in [0.25, 0.3) is 0 Å². The molecular weight excluding hydrogens is 194 g/mol. The summed E-state index contributed by atoms with van der Waals surface area (Å²) in [6.07, 6.45) is 14.5. The maximum absolute atomic E-state index is 2.95. The molecule has 2 fully saturated rings. The van der Waals surface area contributed by atoms with E-state index in [2.05, 4.69) is 18.7 Å². The fourth-order valence-corrected chi connectivity index (χ4v) is 3.97. The topological polar surface area (TPSA) is 3.24 Å². The zero-order valence-electron chi connectivity index (χ0n) is 11.3. The molecule has 0 saturated carbocycles. The highest BCUT2D eigenvalue weighted by Crippen LogP contribution is 2.38. The van der Waals surface area contributed by atoms with Crippen LogP contribution in [0.4, 0.5) is 0 Å². The highest BCUT2D eigenvalue weighted by molar-refractivity contribution is 4.94. The molecule has 2 saturated heterocycles. The van der Waals surface area contributed by atoms with Gasteiger partial charge in [0, 0.05) is 18.1 Å². The first-order valence-electron chi connectivity index (χ1n) is 7.64. The van der Waals surface area contributed by atoms with E-state index in [1.54, 1.807) is 0 Å². The lowest BCUT2D eigenvalue weighted by molar-refractivity contribution is 0.0715. The zero-order chi connectivity index (χ0) is 11.4. The molecule has 3 atom stereocenters. The van der Waals surface area contributed by atoms with Crippen LogP contribution in [0.5, 0.6) is 0 Å². The third-order valence-corrected chi connectivity index (χ3v) is 4.69. The van der Waals surface area contributed by atoms with Crippen molar-refractivity contribution in [1.29, 1.82) is 0 Å². The first-order valence-corrected chi connectivity index (χ1v) is 7.64. The van der Waals surface area contributed by atoms with E-state index in [9.17, 15) is 0 Å². The van der Waals surface area contributed by atoms with Crippen LogP contribution in [-0.4, -0.2) is 23.0 Å². The molecular formula is C15H29N. The summed E-state index contributed by atoms with van der Waals surface area (Å²) in [6, 6.07) is 2.85. The van der Waals surface area contributed by atoms with Gasteiger partial charge < -0.3 is 0 Å². The number of hydrogen-bond acceptors (Lipinski definition) is 1. The number of unbranched alkanes of at least 4 members (excludes halogenated alkanes) is 1. The quantitative estimate of drug-likeness (QED) is 0.669. The number of nitrogens with zero attached hydrogens (tertiary/aromatic N) is 1. The monoisotopic (exact) mass is 223 g/mol. The van der Waals surface area contributed by atoms with E-state index < -0.39 is 0 Å². The molecule has 0 aliphatic carbocycles. The Kier molecular flexibility index (Phi) is 4.69. The lowest BCUT2D eigenvalue weighted by atomic mass is 9.93. The second kappa shape index (κ2) is 6.05. The molecule has 0 aromatic heterocycles. The Hall–Kier alpha value is -0.0400. The van der Waals surface area contributed by atoms with E-state index in [4.69, 9.17) is 0 Å². The Morgan fingerprint density at radius 1 is 0.875 bits per heavy atom. The third kappa shape index (κ3) is 2.61. The van der Waals surface area contributed by atoms with Gasteiger partial charge in [0.15, 0.2) is 0 Å². The van der Waals surface area contributed by atoms with Crippen molar-refractivity contribution in [2.24, 2.45) is 0 Å². The summed E-state index contributed by atoms with van der Waals surface area (Å²) >= 11 is 0. The molecule has 2 heterocycles. The van der Waals surface area contributed by atoms with Crippen molar-refractivity contribution in [2.75, 3.05) is 0 Å². The predicted octanol–water partition coefficient (Wildman–Crippen LogP) is 4.36. The fraction of sp³-hybridized carbons (Fsp3) is 1.00. The largest absolute Gasteiger partial charge is 0.294 e. The third-order valence-electron chi connectivity index (χ3n) is 4.69. The van der Waals surface area contributed by atoms with E-state index in [0.717, 1.165) is 18.1 Å². The number of fused-ring (bicyclic) bond motifs is 1. The van der Waals surface area contributed by atoms with Gasteiger partial charge in [0.1, 0.15) is 0 Å². The van der Waals surface area contributed by atoms with Gasteiger partial charge in [0.25, 0.3) is 0 Å². The van der Waals surface area contributed by atoms with Gasteiger partial charge in [-0.25, -0.2) is 0 Å².